The maximum Gasteiger partial charge on any atom is 0.237 e. The van der Waals surface area contributed by atoms with Gasteiger partial charge in [0.15, 0.2) is 0 Å². The Balaban J connectivity index is 2.43. The summed E-state index contributed by atoms with van der Waals surface area (Å²) in [4.78, 5) is 22.7. The zero-order chi connectivity index (χ0) is 12.3. The summed E-state index contributed by atoms with van der Waals surface area (Å²) in [6.07, 6.45) is 1.16. The average Bonchev–Trinajstić information content (AvgIpc) is 2.19. The Bertz CT molecular complexity index is 273. The molecule has 0 bridgehead atoms. The predicted octanol–water partition coefficient (Wildman–Crippen LogP) is -0.245. The summed E-state index contributed by atoms with van der Waals surface area (Å²) >= 11 is 0. The molecule has 1 saturated heterocycles. The lowest BCUT2D eigenvalue weighted by molar-refractivity contribution is -0.127. The molecule has 2 amide bonds. The molecule has 5 heteroatoms. The second kappa shape index (κ2) is 4.82. The predicted molar refractivity (Wildman–Crippen MR) is 61.6 cm³/mol. The van der Waals surface area contributed by atoms with Gasteiger partial charge in [0, 0.05) is 19.0 Å². The smallest absolute Gasteiger partial charge is 0.237 e. The van der Waals surface area contributed by atoms with Crippen LogP contribution < -0.4 is 16.4 Å². The van der Waals surface area contributed by atoms with E-state index >= 15 is 0 Å². The fourth-order valence-corrected chi connectivity index (χ4v) is 1.54. The lowest BCUT2D eigenvalue weighted by Gasteiger charge is -2.29. The van der Waals surface area contributed by atoms with Gasteiger partial charge < -0.3 is 16.4 Å². The maximum atomic E-state index is 11.8. The van der Waals surface area contributed by atoms with Crippen molar-refractivity contribution in [3.8, 4) is 0 Å². The molecule has 4 N–H and O–H groups in total. The Morgan fingerprint density at radius 3 is 2.62 bits per heavy atom. The van der Waals surface area contributed by atoms with Gasteiger partial charge in [0.05, 0.1) is 6.04 Å². The Morgan fingerprint density at radius 2 is 2.19 bits per heavy atom. The average molecular weight is 227 g/mol. The van der Waals surface area contributed by atoms with Gasteiger partial charge in [-0.25, -0.2) is 0 Å². The van der Waals surface area contributed by atoms with E-state index in [-0.39, 0.29) is 23.3 Å². The van der Waals surface area contributed by atoms with Crippen molar-refractivity contribution in [1.82, 2.24) is 10.6 Å². The third kappa shape index (κ3) is 3.48. The second-order valence-corrected chi connectivity index (χ2v) is 5.39. The number of hydrogen-bond donors (Lipinski definition) is 3. The molecule has 1 heterocycles. The first kappa shape index (κ1) is 13.0. The molecular weight excluding hydrogens is 206 g/mol. The lowest BCUT2D eigenvalue weighted by atomic mass is 9.86. The number of carbonyl (C=O) groups excluding carboxylic acids is 2. The summed E-state index contributed by atoms with van der Waals surface area (Å²) in [5.41, 5.74) is 5.59. The minimum atomic E-state index is -0.523. The van der Waals surface area contributed by atoms with Gasteiger partial charge >= 0.3 is 0 Å². The molecule has 0 saturated carbocycles. The molecule has 0 spiro atoms. The summed E-state index contributed by atoms with van der Waals surface area (Å²) in [5.74, 6) is -0.0979. The standard InChI is InChI=1S/C11H21N3O2/c1-11(2,3)9(12)10(16)14-7-4-5-8(15)13-6-7/h7,9H,4-6,12H2,1-3H3,(H,13,15)(H,14,16)/t7?,9-/m0/s1. The monoisotopic (exact) mass is 227 g/mol. The minimum absolute atomic E-state index is 0.0126. The van der Waals surface area contributed by atoms with E-state index in [1.807, 2.05) is 20.8 Å². The Labute approximate surface area is 96.1 Å². The highest BCUT2D eigenvalue weighted by molar-refractivity contribution is 5.83. The normalized spacial score (nSPS) is 23.5. The van der Waals surface area contributed by atoms with Crippen LogP contribution in [0.2, 0.25) is 0 Å². The van der Waals surface area contributed by atoms with Crippen LogP contribution in [-0.4, -0.2) is 30.4 Å². The van der Waals surface area contributed by atoms with Crippen LogP contribution >= 0.6 is 0 Å². The third-order valence-electron chi connectivity index (χ3n) is 2.83. The van der Waals surface area contributed by atoms with Crippen LogP contribution in [0.15, 0.2) is 0 Å². The van der Waals surface area contributed by atoms with Gasteiger partial charge in [0.1, 0.15) is 0 Å². The van der Waals surface area contributed by atoms with Gasteiger partial charge in [-0.3, -0.25) is 9.59 Å². The molecule has 0 aromatic rings. The van der Waals surface area contributed by atoms with Crippen molar-refractivity contribution in [1.29, 1.82) is 0 Å². The first-order valence-electron chi connectivity index (χ1n) is 5.63. The van der Waals surface area contributed by atoms with Crippen molar-refractivity contribution < 1.29 is 9.59 Å². The molecule has 1 fully saturated rings. The molecule has 0 aromatic heterocycles. The summed E-state index contributed by atoms with van der Waals surface area (Å²) in [6, 6.07) is -0.510. The highest BCUT2D eigenvalue weighted by Gasteiger charge is 2.29. The molecule has 1 aliphatic rings. The molecular formula is C11H21N3O2. The van der Waals surface area contributed by atoms with Gasteiger partial charge in [-0.05, 0) is 11.8 Å². The fourth-order valence-electron chi connectivity index (χ4n) is 1.54. The number of rotatable bonds is 2. The van der Waals surface area contributed by atoms with Crippen molar-refractivity contribution in [2.45, 2.75) is 45.7 Å². The molecule has 0 radical (unpaired) electrons. The summed E-state index contributed by atoms with van der Waals surface area (Å²) in [6.45, 7) is 6.29. The van der Waals surface area contributed by atoms with E-state index in [4.69, 9.17) is 5.73 Å². The molecule has 2 atom stereocenters. The first-order valence-corrected chi connectivity index (χ1v) is 5.63. The molecule has 0 aromatic carbocycles. The van der Waals surface area contributed by atoms with Crippen LogP contribution in [0.4, 0.5) is 0 Å². The number of carbonyl (C=O) groups is 2. The van der Waals surface area contributed by atoms with Gasteiger partial charge in [0.2, 0.25) is 11.8 Å². The Kier molecular flexibility index (Phi) is 3.91. The SMILES string of the molecule is CC(C)(C)[C@@H](N)C(=O)NC1CCC(=O)NC1. The molecule has 92 valence electrons. The highest BCUT2D eigenvalue weighted by Crippen LogP contribution is 2.17. The second-order valence-electron chi connectivity index (χ2n) is 5.39. The van der Waals surface area contributed by atoms with Crippen LogP contribution in [0, 0.1) is 5.41 Å². The Hall–Kier alpha value is -1.10. The lowest BCUT2D eigenvalue weighted by Crippen LogP contribution is -2.55. The van der Waals surface area contributed by atoms with Crippen LogP contribution in [0.1, 0.15) is 33.6 Å². The van der Waals surface area contributed by atoms with Gasteiger partial charge in [-0.1, -0.05) is 20.8 Å². The summed E-state index contributed by atoms with van der Waals surface area (Å²) in [5, 5.41) is 5.59. The van der Waals surface area contributed by atoms with Crippen molar-refractivity contribution in [3.05, 3.63) is 0 Å². The quantitative estimate of drug-likeness (QED) is 0.608. The number of amides is 2. The minimum Gasteiger partial charge on any atom is -0.354 e. The van der Waals surface area contributed by atoms with Gasteiger partial charge in [0.25, 0.3) is 0 Å². The van der Waals surface area contributed by atoms with E-state index in [0.717, 1.165) is 0 Å². The van der Waals surface area contributed by atoms with E-state index in [1.165, 1.54) is 0 Å². The number of nitrogens with one attached hydrogen (secondary N) is 2. The maximum absolute atomic E-state index is 11.8. The van der Waals surface area contributed by atoms with E-state index in [0.29, 0.717) is 19.4 Å². The van der Waals surface area contributed by atoms with Crippen molar-refractivity contribution in [2.75, 3.05) is 6.54 Å². The fraction of sp³-hybridized carbons (Fsp3) is 0.818. The zero-order valence-electron chi connectivity index (χ0n) is 10.2. The number of piperidine rings is 1. The van der Waals surface area contributed by atoms with E-state index in [2.05, 4.69) is 10.6 Å². The zero-order valence-corrected chi connectivity index (χ0v) is 10.2. The van der Waals surface area contributed by atoms with Gasteiger partial charge in [-0.15, -0.1) is 0 Å². The first-order chi connectivity index (χ1) is 7.30. The van der Waals surface area contributed by atoms with Gasteiger partial charge in [-0.2, -0.15) is 0 Å². The Morgan fingerprint density at radius 1 is 1.56 bits per heavy atom. The molecule has 0 aliphatic carbocycles. The summed E-state index contributed by atoms with van der Waals surface area (Å²) in [7, 11) is 0. The third-order valence-corrected chi connectivity index (χ3v) is 2.83. The topological polar surface area (TPSA) is 84.2 Å². The largest absolute Gasteiger partial charge is 0.354 e. The highest BCUT2D eigenvalue weighted by atomic mass is 16.2. The van der Waals surface area contributed by atoms with Crippen LogP contribution in [0.5, 0.6) is 0 Å². The molecule has 16 heavy (non-hydrogen) atoms. The van der Waals surface area contributed by atoms with Crippen LogP contribution in [0.25, 0.3) is 0 Å². The van der Waals surface area contributed by atoms with Crippen molar-refractivity contribution in [2.24, 2.45) is 11.1 Å². The number of nitrogens with two attached hydrogens (primary N) is 1. The number of hydrogen-bond acceptors (Lipinski definition) is 3. The molecule has 1 unspecified atom stereocenters. The van der Waals surface area contributed by atoms with E-state index in [9.17, 15) is 9.59 Å². The molecule has 1 aliphatic heterocycles. The van der Waals surface area contributed by atoms with Crippen LogP contribution in [0.3, 0.4) is 0 Å². The van der Waals surface area contributed by atoms with E-state index < -0.39 is 6.04 Å². The molecule has 1 rings (SSSR count). The van der Waals surface area contributed by atoms with Crippen molar-refractivity contribution >= 4 is 11.8 Å². The van der Waals surface area contributed by atoms with E-state index in [1.54, 1.807) is 0 Å². The molecule has 5 nitrogen and oxygen atoms in total. The summed E-state index contributed by atoms with van der Waals surface area (Å²) < 4.78 is 0. The van der Waals surface area contributed by atoms with Crippen molar-refractivity contribution in [3.63, 3.8) is 0 Å². The van der Waals surface area contributed by atoms with Crippen LogP contribution in [-0.2, 0) is 9.59 Å².